The van der Waals surface area contributed by atoms with Crippen LogP contribution in [0.1, 0.15) is 97.3 Å². The third-order valence-corrected chi connectivity index (χ3v) is 7.95. The predicted octanol–water partition coefficient (Wildman–Crippen LogP) is 8.19. The SMILES string of the molecule is CCCCOc1ccc(OCC2CCC(CC(C#N)C3CCC(CCC)CC3)CC2)cc1. The molecule has 0 aliphatic heterocycles. The molecule has 0 radical (unpaired) electrons. The second kappa shape index (κ2) is 13.8. The molecule has 3 rings (SSSR count). The third-order valence-electron chi connectivity index (χ3n) is 7.95. The number of ether oxygens (including phenoxy) is 2. The minimum absolute atomic E-state index is 0.286. The van der Waals surface area contributed by atoms with Crippen LogP contribution < -0.4 is 9.47 Å². The molecule has 32 heavy (non-hydrogen) atoms. The van der Waals surface area contributed by atoms with Crippen molar-refractivity contribution in [3.8, 4) is 17.6 Å². The highest BCUT2D eigenvalue weighted by atomic mass is 16.5. The first-order chi connectivity index (χ1) is 15.7. The average Bonchev–Trinajstić information content (AvgIpc) is 2.84. The second-order valence-electron chi connectivity index (χ2n) is 10.4. The Hall–Kier alpha value is -1.69. The summed E-state index contributed by atoms with van der Waals surface area (Å²) in [6.07, 6.45) is 16.4. The molecular weight excluding hydrogens is 394 g/mol. The van der Waals surface area contributed by atoms with E-state index in [9.17, 15) is 5.26 Å². The molecule has 1 aromatic carbocycles. The van der Waals surface area contributed by atoms with Gasteiger partial charge in [-0.25, -0.2) is 0 Å². The molecule has 0 bridgehead atoms. The van der Waals surface area contributed by atoms with Crippen LogP contribution in [0.15, 0.2) is 24.3 Å². The number of nitrogens with zero attached hydrogens (tertiary/aromatic N) is 1. The number of unbranched alkanes of at least 4 members (excludes halogenated alkanes) is 1. The van der Waals surface area contributed by atoms with Crippen molar-refractivity contribution in [3.05, 3.63) is 24.3 Å². The number of hydrogen-bond donors (Lipinski definition) is 0. The second-order valence-corrected chi connectivity index (χ2v) is 10.4. The highest BCUT2D eigenvalue weighted by Crippen LogP contribution is 2.40. The molecule has 1 unspecified atom stereocenters. The van der Waals surface area contributed by atoms with Crippen molar-refractivity contribution in [1.29, 1.82) is 5.26 Å². The number of nitriles is 1. The minimum atomic E-state index is 0.286. The van der Waals surface area contributed by atoms with Crippen molar-refractivity contribution in [2.45, 2.75) is 97.3 Å². The molecule has 3 nitrogen and oxygen atoms in total. The van der Waals surface area contributed by atoms with Crippen molar-refractivity contribution in [2.24, 2.45) is 29.6 Å². The maximum atomic E-state index is 9.84. The van der Waals surface area contributed by atoms with E-state index in [1.54, 1.807) is 0 Å². The largest absolute Gasteiger partial charge is 0.494 e. The molecule has 0 N–H and O–H groups in total. The highest BCUT2D eigenvalue weighted by Gasteiger charge is 2.31. The van der Waals surface area contributed by atoms with Gasteiger partial charge in [-0.1, -0.05) is 58.8 Å². The first-order valence-electron chi connectivity index (χ1n) is 13.5. The highest BCUT2D eigenvalue weighted by molar-refractivity contribution is 5.31. The van der Waals surface area contributed by atoms with Crippen molar-refractivity contribution in [2.75, 3.05) is 13.2 Å². The standard InChI is InChI=1S/C29H45NO2/c1-3-5-19-31-28-15-17-29(18-16-28)32-22-25-9-7-24(8-10-25)20-27(21-30)26-13-11-23(6-4-2)12-14-26/h15-18,23-27H,3-14,19-20,22H2,1-2H3. The first kappa shape index (κ1) is 24.9. The van der Waals surface area contributed by atoms with Crippen molar-refractivity contribution in [1.82, 2.24) is 0 Å². The van der Waals surface area contributed by atoms with E-state index in [0.29, 0.717) is 11.8 Å². The molecule has 1 aromatic rings. The number of rotatable bonds is 12. The Bertz CT molecular complexity index is 663. The first-order valence-corrected chi connectivity index (χ1v) is 13.5. The van der Waals surface area contributed by atoms with Crippen LogP contribution in [0, 0.1) is 40.9 Å². The van der Waals surface area contributed by atoms with Crippen LogP contribution in [0.4, 0.5) is 0 Å². The summed E-state index contributed by atoms with van der Waals surface area (Å²) in [6.45, 7) is 6.07. The third kappa shape index (κ3) is 8.02. The van der Waals surface area contributed by atoms with Crippen LogP contribution in [0.25, 0.3) is 0 Å². The lowest BCUT2D eigenvalue weighted by molar-refractivity contribution is 0.154. The molecule has 0 aromatic heterocycles. The van der Waals surface area contributed by atoms with E-state index < -0.39 is 0 Å². The number of benzene rings is 1. The zero-order valence-corrected chi connectivity index (χ0v) is 20.6. The van der Waals surface area contributed by atoms with Gasteiger partial charge in [-0.2, -0.15) is 5.26 Å². The van der Waals surface area contributed by atoms with Crippen LogP contribution in [0.5, 0.6) is 11.5 Å². The minimum Gasteiger partial charge on any atom is -0.494 e. The maximum absolute atomic E-state index is 9.84. The molecule has 2 fully saturated rings. The fourth-order valence-electron chi connectivity index (χ4n) is 5.81. The zero-order chi connectivity index (χ0) is 22.6. The van der Waals surface area contributed by atoms with Crippen molar-refractivity contribution in [3.63, 3.8) is 0 Å². The van der Waals surface area contributed by atoms with Gasteiger partial charge in [0, 0.05) is 5.92 Å². The number of hydrogen-bond acceptors (Lipinski definition) is 3. The Balaban J connectivity index is 1.33. The fraction of sp³-hybridized carbons (Fsp3) is 0.759. The average molecular weight is 440 g/mol. The van der Waals surface area contributed by atoms with E-state index in [0.717, 1.165) is 55.8 Å². The summed E-state index contributed by atoms with van der Waals surface area (Å²) in [7, 11) is 0. The predicted molar refractivity (Wildman–Crippen MR) is 132 cm³/mol. The molecule has 0 saturated heterocycles. The van der Waals surface area contributed by atoms with Gasteiger partial charge in [0.25, 0.3) is 0 Å². The van der Waals surface area contributed by atoms with E-state index in [-0.39, 0.29) is 5.92 Å². The maximum Gasteiger partial charge on any atom is 0.119 e. The summed E-state index contributed by atoms with van der Waals surface area (Å²) in [6, 6.07) is 10.8. The normalized spacial score (nSPS) is 26.8. The van der Waals surface area contributed by atoms with Crippen molar-refractivity contribution >= 4 is 0 Å². The van der Waals surface area contributed by atoms with Gasteiger partial charge in [-0.3, -0.25) is 0 Å². The van der Waals surface area contributed by atoms with E-state index in [2.05, 4.69) is 19.9 Å². The quantitative estimate of drug-likeness (QED) is 0.308. The summed E-state index contributed by atoms with van der Waals surface area (Å²) < 4.78 is 11.8. The smallest absolute Gasteiger partial charge is 0.119 e. The van der Waals surface area contributed by atoms with E-state index in [1.165, 1.54) is 64.2 Å². The fourth-order valence-corrected chi connectivity index (χ4v) is 5.81. The lowest BCUT2D eigenvalue weighted by Gasteiger charge is -2.34. The zero-order valence-electron chi connectivity index (χ0n) is 20.6. The summed E-state index contributed by atoms with van der Waals surface area (Å²) in [5.41, 5.74) is 0. The van der Waals surface area contributed by atoms with E-state index in [4.69, 9.17) is 9.47 Å². The summed E-state index contributed by atoms with van der Waals surface area (Å²) in [5, 5.41) is 9.84. The van der Waals surface area contributed by atoms with Gasteiger partial charge in [0.05, 0.1) is 19.3 Å². The van der Waals surface area contributed by atoms with Crippen LogP contribution in [0.2, 0.25) is 0 Å². The van der Waals surface area contributed by atoms with Gasteiger partial charge >= 0.3 is 0 Å². The molecule has 0 spiro atoms. The molecular formula is C29H45NO2. The molecule has 3 heteroatoms. The molecule has 0 amide bonds. The van der Waals surface area contributed by atoms with Gasteiger partial charge in [-0.05, 0) is 86.5 Å². The summed E-state index contributed by atoms with van der Waals surface area (Å²) in [5.74, 6) is 5.13. The Kier molecular flexibility index (Phi) is 10.7. The Morgan fingerprint density at radius 3 is 2.00 bits per heavy atom. The Morgan fingerprint density at radius 1 is 0.812 bits per heavy atom. The Labute approximate surface area is 196 Å². The lowest BCUT2D eigenvalue weighted by Crippen LogP contribution is -2.25. The summed E-state index contributed by atoms with van der Waals surface area (Å²) in [4.78, 5) is 0. The summed E-state index contributed by atoms with van der Waals surface area (Å²) >= 11 is 0. The van der Waals surface area contributed by atoms with E-state index >= 15 is 0 Å². The topological polar surface area (TPSA) is 42.2 Å². The molecule has 0 heterocycles. The Morgan fingerprint density at radius 2 is 1.41 bits per heavy atom. The van der Waals surface area contributed by atoms with Gasteiger partial charge in [0.1, 0.15) is 11.5 Å². The van der Waals surface area contributed by atoms with Gasteiger partial charge < -0.3 is 9.47 Å². The monoisotopic (exact) mass is 439 g/mol. The molecule has 1 atom stereocenters. The van der Waals surface area contributed by atoms with E-state index in [1.807, 2.05) is 24.3 Å². The van der Waals surface area contributed by atoms with Crippen molar-refractivity contribution < 1.29 is 9.47 Å². The van der Waals surface area contributed by atoms with Gasteiger partial charge in [0.15, 0.2) is 0 Å². The molecule has 2 aliphatic carbocycles. The van der Waals surface area contributed by atoms with Gasteiger partial charge in [0.2, 0.25) is 0 Å². The van der Waals surface area contributed by atoms with Gasteiger partial charge in [-0.15, -0.1) is 0 Å². The van der Waals surface area contributed by atoms with Crippen LogP contribution in [-0.2, 0) is 0 Å². The lowest BCUT2D eigenvalue weighted by atomic mass is 9.70. The van der Waals surface area contributed by atoms with Crippen LogP contribution in [0.3, 0.4) is 0 Å². The molecule has 2 saturated carbocycles. The molecule has 2 aliphatic rings. The molecule has 178 valence electrons. The van der Waals surface area contributed by atoms with Crippen LogP contribution in [-0.4, -0.2) is 13.2 Å². The van der Waals surface area contributed by atoms with Crippen LogP contribution >= 0.6 is 0 Å².